The van der Waals surface area contributed by atoms with Crippen molar-refractivity contribution < 1.29 is 19.5 Å². The molecule has 25 heavy (non-hydrogen) atoms. The maximum Gasteiger partial charge on any atom is 0.306 e. The van der Waals surface area contributed by atoms with Crippen molar-refractivity contribution in [2.45, 2.75) is 19.3 Å². The van der Waals surface area contributed by atoms with Gasteiger partial charge in [0.25, 0.3) is 0 Å². The van der Waals surface area contributed by atoms with Crippen LogP contribution in [0.1, 0.15) is 19.3 Å². The lowest BCUT2D eigenvalue weighted by Gasteiger charge is -2.31. The van der Waals surface area contributed by atoms with Crippen molar-refractivity contribution in [2.75, 3.05) is 24.5 Å². The summed E-state index contributed by atoms with van der Waals surface area (Å²) in [6, 6.07) is 4.95. The molecular weight excluding hydrogens is 367 g/mol. The van der Waals surface area contributed by atoms with Crippen LogP contribution in [0.25, 0.3) is 0 Å². The van der Waals surface area contributed by atoms with E-state index in [1.54, 1.807) is 28.0 Å². The number of likely N-dealkylation sites (tertiary alicyclic amines) is 1. The average Bonchev–Trinajstić information content (AvgIpc) is 2.98. The monoisotopic (exact) mass is 384 g/mol. The van der Waals surface area contributed by atoms with Gasteiger partial charge in [0.05, 0.1) is 16.0 Å². The summed E-state index contributed by atoms with van der Waals surface area (Å²) >= 11 is 11.9. The topological polar surface area (TPSA) is 77.9 Å². The van der Waals surface area contributed by atoms with Gasteiger partial charge in [0.2, 0.25) is 11.8 Å². The number of hydrogen-bond donors (Lipinski definition) is 1. The standard InChI is InChI=1S/C17H18Cl2N2O4/c18-13-2-1-11(9-14(13)19)21-8-5-12(16(21)23)15(22)20-6-3-10(4-7-20)17(24)25/h1-2,9-10,12H,3-8H2,(H,24,25). The molecule has 2 aliphatic rings. The quantitative estimate of drug-likeness (QED) is 0.812. The van der Waals surface area contributed by atoms with Crippen LogP contribution in [0, 0.1) is 11.8 Å². The molecule has 0 bridgehead atoms. The highest BCUT2D eigenvalue weighted by atomic mass is 35.5. The second-order valence-electron chi connectivity index (χ2n) is 6.37. The maximum absolute atomic E-state index is 12.7. The zero-order chi connectivity index (χ0) is 18.1. The Morgan fingerprint density at radius 1 is 1.04 bits per heavy atom. The van der Waals surface area contributed by atoms with Crippen LogP contribution < -0.4 is 4.90 Å². The first kappa shape index (κ1) is 18.0. The molecule has 1 atom stereocenters. The van der Waals surface area contributed by atoms with Crippen LogP contribution in [0.4, 0.5) is 5.69 Å². The van der Waals surface area contributed by atoms with Crippen LogP contribution in [0.5, 0.6) is 0 Å². The molecule has 6 nitrogen and oxygen atoms in total. The smallest absolute Gasteiger partial charge is 0.306 e. The number of benzene rings is 1. The van der Waals surface area contributed by atoms with E-state index in [9.17, 15) is 14.4 Å². The van der Waals surface area contributed by atoms with E-state index >= 15 is 0 Å². The van der Waals surface area contributed by atoms with Gasteiger partial charge in [-0.05, 0) is 37.5 Å². The number of amides is 2. The minimum Gasteiger partial charge on any atom is -0.481 e. The van der Waals surface area contributed by atoms with Crippen LogP contribution in [0.15, 0.2) is 18.2 Å². The Morgan fingerprint density at radius 2 is 1.72 bits per heavy atom. The van der Waals surface area contributed by atoms with Gasteiger partial charge < -0.3 is 14.9 Å². The Labute approximate surface area is 155 Å². The number of rotatable bonds is 3. The van der Waals surface area contributed by atoms with Crippen LogP contribution in [-0.2, 0) is 14.4 Å². The third-order valence-electron chi connectivity index (χ3n) is 4.87. The third-order valence-corrected chi connectivity index (χ3v) is 5.61. The zero-order valence-corrected chi connectivity index (χ0v) is 15.0. The number of carbonyl (C=O) groups is 3. The normalized spacial score (nSPS) is 21.7. The Hall–Kier alpha value is -1.79. The predicted octanol–water partition coefficient (Wildman–Crippen LogP) is 2.67. The largest absolute Gasteiger partial charge is 0.481 e. The van der Waals surface area contributed by atoms with Crippen LogP contribution in [-0.4, -0.2) is 47.4 Å². The van der Waals surface area contributed by atoms with Gasteiger partial charge in [-0.3, -0.25) is 14.4 Å². The first-order chi connectivity index (χ1) is 11.9. The summed E-state index contributed by atoms with van der Waals surface area (Å²) in [5, 5.41) is 9.80. The van der Waals surface area contributed by atoms with Gasteiger partial charge in [-0.1, -0.05) is 23.2 Å². The molecule has 1 N–H and O–H groups in total. The average molecular weight is 385 g/mol. The van der Waals surface area contributed by atoms with Gasteiger partial charge >= 0.3 is 5.97 Å². The van der Waals surface area contributed by atoms with E-state index in [-0.39, 0.29) is 11.8 Å². The summed E-state index contributed by atoms with van der Waals surface area (Å²) < 4.78 is 0. The summed E-state index contributed by atoms with van der Waals surface area (Å²) in [5.74, 6) is -2.40. The second-order valence-corrected chi connectivity index (χ2v) is 7.18. The highest BCUT2D eigenvalue weighted by molar-refractivity contribution is 6.42. The lowest BCUT2D eigenvalue weighted by Crippen LogP contribution is -2.45. The molecule has 3 rings (SSSR count). The molecule has 2 aliphatic heterocycles. The molecule has 1 aromatic rings. The SMILES string of the molecule is O=C(O)C1CCN(C(=O)C2CCN(c3ccc(Cl)c(Cl)c3)C2=O)CC1. The predicted molar refractivity (Wildman–Crippen MR) is 93.9 cm³/mol. The highest BCUT2D eigenvalue weighted by Crippen LogP contribution is 2.32. The van der Waals surface area contributed by atoms with Gasteiger partial charge in [0.1, 0.15) is 5.92 Å². The molecule has 2 heterocycles. The van der Waals surface area contributed by atoms with Crippen LogP contribution in [0.2, 0.25) is 10.0 Å². The number of halogens is 2. The third kappa shape index (κ3) is 3.60. The van der Waals surface area contributed by atoms with E-state index in [0.717, 1.165) is 0 Å². The van der Waals surface area contributed by atoms with Crippen molar-refractivity contribution in [1.82, 2.24) is 4.90 Å². The van der Waals surface area contributed by atoms with Gasteiger partial charge in [-0.25, -0.2) is 0 Å². The number of carboxylic acid groups (broad SMARTS) is 1. The van der Waals surface area contributed by atoms with Gasteiger partial charge in [0.15, 0.2) is 0 Å². The molecule has 134 valence electrons. The molecule has 0 radical (unpaired) electrons. The molecule has 1 aromatic carbocycles. The Morgan fingerprint density at radius 3 is 2.32 bits per heavy atom. The van der Waals surface area contributed by atoms with E-state index in [2.05, 4.69) is 0 Å². The molecular formula is C17H18Cl2N2O4. The summed E-state index contributed by atoms with van der Waals surface area (Å²) in [6.45, 7) is 1.21. The van der Waals surface area contributed by atoms with E-state index in [1.807, 2.05) is 0 Å². The summed E-state index contributed by atoms with van der Waals surface area (Å²) in [7, 11) is 0. The lowest BCUT2D eigenvalue weighted by molar-refractivity contribution is -0.148. The number of aliphatic carboxylic acids is 1. The van der Waals surface area contributed by atoms with Crippen molar-refractivity contribution in [3.63, 3.8) is 0 Å². The summed E-state index contributed by atoms with van der Waals surface area (Å²) in [5.41, 5.74) is 0.624. The van der Waals surface area contributed by atoms with Gasteiger partial charge in [-0.15, -0.1) is 0 Å². The van der Waals surface area contributed by atoms with Gasteiger partial charge in [0, 0.05) is 25.3 Å². The Bertz CT molecular complexity index is 717. The Balaban J connectivity index is 1.66. The molecule has 1 unspecified atom stereocenters. The van der Waals surface area contributed by atoms with Crippen LogP contribution >= 0.6 is 23.2 Å². The number of carboxylic acids is 1. The number of carbonyl (C=O) groups excluding carboxylic acids is 2. The fourth-order valence-electron chi connectivity index (χ4n) is 3.39. The molecule has 2 amide bonds. The van der Waals surface area contributed by atoms with Crippen molar-refractivity contribution in [3.05, 3.63) is 28.2 Å². The van der Waals surface area contributed by atoms with Crippen molar-refractivity contribution in [3.8, 4) is 0 Å². The zero-order valence-electron chi connectivity index (χ0n) is 13.5. The number of piperidine rings is 1. The fourth-order valence-corrected chi connectivity index (χ4v) is 3.68. The van der Waals surface area contributed by atoms with Crippen LogP contribution in [0.3, 0.4) is 0 Å². The van der Waals surface area contributed by atoms with Crippen molar-refractivity contribution in [2.24, 2.45) is 11.8 Å². The molecule has 2 fully saturated rings. The number of nitrogens with zero attached hydrogens (tertiary/aromatic N) is 2. The minimum atomic E-state index is -0.824. The lowest BCUT2D eigenvalue weighted by atomic mass is 9.95. The molecule has 0 aromatic heterocycles. The maximum atomic E-state index is 12.7. The van der Waals surface area contributed by atoms with Gasteiger partial charge in [-0.2, -0.15) is 0 Å². The number of anilines is 1. The summed E-state index contributed by atoms with van der Waals surface area (Å²) in [6.07, 6.45) is 1.30. The highest BCUT2D eigenvalue weighted by Gasteiger charge is 2.40. The fraction of sp³-hybridized carbons (Fsp3) is 0.471. The molecule has 0 aliphatic carbocycles. The van der Waals surface area contributed by atoms with Crippen molar-refractivity contribution >= 4 is 46.7 Å². The second kappa shape index (κ2) is 7.22. The van der Waals surface area contributed by atoms with E-state index in [1.165, 1.54) is 0 Å². The van der Waals surface area contributed by atoms with Crippen molar-refractivity contribution in [1.29, 1.82) is 0 Å². The molecule has 0 spiro atoms. The number of hydrogen-bond acceptors (Lipinski definition) is 3. The molecule has 2 saturated heterocycles. The Kier molecular flexibility index (Phi) is 5.20. The molecule has 0 saturated carbocycles. The summed E-state index contributed by atoms with van der Waals surface area (Å²) in [4.78, 5) is 39.5. The van der Waals surface area contributed by atoms with E-state index in [0.29, 0.717) is 54.6 Å². The minimum absolute atomic E-state index is 0.212. The van der Waals surface area contributed by atoms with E-state index < -0.39 is 17.8 Å². The first-order valence-electron chi connectivity index (χ1n) is 8.16. The molecule has 8 heteroatoms. The van der Waals surface area contributed by atoms with E-state index in [4.69, 9.17) is 28.3 Å². The first-order valence-corrected chi connectivity index (χ1v) is 8.92.